The lowest BCUT2D eigenvalue weighted by Gasteiger charge is -2.33. The van der Waals surface area contributed by atoms with Crippen molar-refractivity contribution in [3.8, 4) is 11.1 Å². The Labute approximate surface area is 195 Å². The van der Waals surface area contributed by atoms with Crippen LogP contribution in [0, 0.1) is 5.92 Å². The standard InChI is InChI=1S/C27H33N3OS/c31-27-24-19-32-18-14-25(24)28-26(29-27)7-4-15-30-16-12-23(13-17-30)22-10-8-21(9-11-22)20-5-2-1-3-6-20/h1-3,5-6,8-11,23-25H,4,7,12-19H2,(H,28,29,31). The van der Waals surface area contributed by atoms with Gasteiger partial charge in [-0.15, -0.1) is 0 Å². The van der Waals surface area contributed by atoms with Gasteiger partial charge >= 0.3 is 0 Å². The van der Waals surface area contributed by atoms with E-state index in [0.29, 0.717) is 5.92 Å². The number of carbonyl (C=O) groups is 1. The van der Waals surface area contributed by atoms with Crippen molar-refractivity contribution in [3.63, 3.8) is 0 Å². The van der Waals surface area contributed by atoms with Gasteiger partial charge in [0.15, 0.2) is 0 Å². The summed E-state index contributed by atoms with van der Waals surface area (Å²) >= 11 is 1.88. The van der Waals surface area contributed by atoms with Crippen molar-refractivity contribution >= 4 is 23.5 Å². The summed E-state index contributed by atoms with van der Waals surface area (Å²) in [4.78, 5) is 19.8. The lowest BCUT2D eigenvalue weighted by atomic mass is 9.88. The number of hydrogen-bond donors (Lipinski definition) is 1. The van der Waals surface area contributed by atoms with Gasteiger partial charge in [0.25, 0.3) is 0 Å². The summed E-state index contributed by atoms with van der Waals surface area (Å²) in [5.74, 6) is 3.95. The molecule has 1 amide bonds. The number of carbonyl (C=O) groups excluding carboxylic acids is 1. The van der Waals surface area contributed by atoms with E-state index in [-0.39, 0.29) is 17.9 Å². The van der Waals surface area contributed by atoms with Crippen molar-refractivity contribution < 1.29 is 4.79 Å². The lowest BCUT2D eigenvalue weighted by Crippen LogP contribution is -2.48. The molecule has 0 bridgehead atoms. The first-order chi connectivity index (χ1) is 15.8. The summed E-state index contributed by atoms with van der Waals surface area (Å²) < 4.78 is 0. The van der Waals surface area contributed by atoms with Crippen molar-refractivity contribution in [2.75, 3.05) is 31.1 Å². The van der Waals surface area contributed by atoms with Crippen LogP contribution in [0.25, 0.3) is 11.1 Å². The van der Waals surface area contributed by atoms with Crippen molar-refractivity contribution in [1.82, 2.24) is 10.2 Å². The Bertz CT molecular complexity index is 935. The summed E-state index contributed by atoms with van der Waals surface area (Å²) in [7, 11) is 0. The van der Waals surface area contributed by atoms with Gasteiger partial charge in [-0.05, 0) is 73.7 Å². The number of likely N-dealkylation sites (tertiary alicyclic amines) is 1. The van der Waals surface area contributed by atoms with Crippen molar-refractivity contribution in [3.05, 3.63) is 60.2 Å². The van der Waals surface area contributed by atoms with E-state index in [1.54, 1.807) is 0 Å². The van der Waals surface area contributed by atoms with Crippen LogP contribution >= 0.6 is 11.8 Å². The number of piperidine rings is 1. The van der Waals surface area contributed by atoms with Crippen LogP contribution in [-0.4, -0.2) is 53.8 Å². The van der Waals surface area contributed by atoms with Crippen LogP contribution in [0.3, 0.4) is 0 Å². The molecule has 2 unspecified atom stereocenters. The molecule has 32 heavy (non-hydrogen) atoms. The smallest absolute Gasteiger partial charge is 0.231 e. The zero-order valence-corrected chi connectivity index (χ0v) is 19.5. The van der Waals surface area contributed by atoms with E-state index >= 15 is 0 Å². The van der Waals surface area contributed by atoms with Gasteiger partial charge in [0.05, 0.1) is 12.0 Å². The van der Waals surface area contributed by atoms with Gasteiger partial charge in [0.2, 0.25) is 5.91 Å². The maximum absolute atomic E-state index is 12.4. The molecule has 4 nitrogen and oxygen atoms in total. The molecule has 5 rings (SSSR count). The summed E-state index contributed by atoms with van der Waals surface area (Å²) in [6.07, 6.45) is 5.46. The van der Waals surface area contributed by atoms with Crippen LogP contribution in [0.4, 0.5) is 0 Å². The Morgan fingerprint density at radius 2 is 1.72 bits per heavy atom. The molecule has 3 aliphatic rings. The van der Waals surface area contributed by atoms with E-state index in [1.807, 2.05) is 11.8 Å². The molecule has 2 saturated heterocycles. The van der Waals surface area contributed by atoms with Crippen LogP contribution in [-0.2, 0) is 4.79 Å². The average Bonchev–Trinajstić information content (AvgIpc) is 2.85. The average molecular weight is 448 g/mol. The lowest BCUT2D eigenvalue weighted by molar-refractivity contribution is -0.124. The Hall–Kier alpha value is -2.11. The van der Waals surface area contributed by atoms with E-state index in [2.05, 4.69) is 64.8 Å². The molecule has 2 fully saturated rings. The monoisotopic (exact) mass is 447 g/mol. The fourth-order valence-electron chi connectivity index (χ4n) is 5.26. The molecule has 0 spiro atoms. The minimum Gasteiger partial charge on any atom is -0.314 e. The minimum absolute atomic E-state index is 0.0956. The largest absolute Gasteiger partial charge is 0.314 e. The fourth-order valence-corrected chi connectivity index (χ4v) is 6.47. The number of fused-ring (bicyclic) bond motifs is 1. The highest BCUT2D eigenvalue weighted by Crippen LogP contribution is 2.31. The normalized spacial score (nSPS) is 24.5. The zero-order chi connectivity index (χ0) is 21.8. The maximum atomic E-state index is 12.4. The predicted octanol–water partition coefficient (Wildman–Crippen LogP) is 4.96. The second kappa shape index (κ2) is 10.2. The number of amidine groups is 1. The first-order valence-electron chi connectivity index (χ1n) is 12.1. The Morgan fingerprint density at radius 1 is 0.969 bits per heavy atom. The van der Waals surface area contributed by atoms with Crippen LogP contribution < -0.4 is 5.32 Å². The van der Waals surface area contributed by atoms with Gasteiger partial charge in [-0.2, -0.15) is 11.8 Å². The number of amides is 1. The van der Waals surface area contributed by atoms with Gasteiger partial charge < -0.3 is 10.2 Å². The zero-order valence-electron chi connectivity index (χ0n) is 18.7. The topological polar surface area (TPSA) is 44.7 Å². The van der Waals surface area contributed by atoms with E-state index in [4.69, 9.17) is 4.99 Å². The number of aliphatic imine (C=N–C) groups is 1. The second-order valence-electron chi connectivity index (χ2n) is 9.31. The molecule has 0 aliphatic carbocycles. The quantitative estimate of drug-likeness (QED) is 0.680. The van der Waals surface area contributed by atoms with Crippen molar-refractivity contribution in [2.45, 2.75) is 44.1 Å². The summed E-state index contributed by atoms with van der Waals surface area (Å²) in [5.41, 5.74) is 4.05. The van der Waals surface area contributed by atoms with E-state index in [1.165, 1.54) is 29.5 Å². The predicted molar refractivity (Wildman–Crippen MR) is 134 cm³/mol. The number of hydrogen-bond acceptors (Lipinski definition) is 4. The molecule has 0 aromatic heterocycles. The molecule has 0 saturated carbocycles. The molecule has 1 N–H and O–H groups in total. The molecule has 3 aliphatic heterocycles. The van der Waals surface area contributed by atoms with E-state index in [0.717, 1.165) is 56.2 Å². The molecule has 168 valence electrons. The highest BCUT2D eigenvalue weighted by atomic mass is 32.2. The van der Waals surface area contributed by atoms with Crippen LogP contribution in [0.1, 0.15) is 43.6 Å². The molecular formula is C27H33N3OS. The highest BCUT2D eigenvalue weighted by Gasteiger charge is 2.35. The SMILES string of the molecule is O=C1NC(CCCN2CCC(c3ccc(-c4ccccc4)cc3)CC2)=NC2CCSCC12. The summed E-state index contributed by atoms with van der Waals surface area (Å²) in [5, 5.41) is 3.08. The number of benzene rings is 2. The summed E-state index contributed by atoms with van der Waals surface area (Å²) in [6.45, 7) is 3.41. The number of nitrogens with zero attached hydrogens (tertiary/aromatic N) is 2. The molecule has 5 heteroatoms. The highest BCUT2D eigenvalue weighted by molar-refractivity contribution is 7.99. The first kappa shape index (κ1) is 21.7. The van der Waals surface area contributed by atoms with Gasteiger partial charge in [-0.25, -0.2) is 0 Å². The first-order valence-corrected chi connectivity index (χ1v) is 13.2. The third-order valence-electron chi connectivity index (χ3n) is 7.21. The summed E-state index contributed by atoms with van der Waals surface area (Å²) in [6, 6.07) is 20.0. The molecule has 2 aromatic rings. The fraction of sp³-hybridized carbons (Fsp3) is 0.481. The third-order valence-corrected chi connectivity index (χ3v) is 8.33. The van der Waals surface area contributed by atoms with Gasteiger partial charge in [0.1, 0.15) is 5.84 Å². The Morgan fingerprint density at radius 3 is 2.50 bits per heavy atom. The molecular weight excluding hydrogens is 414 g/mol. The second-order valence-corrected chi connectivity index (χ2v) is 10.5. The molecule has 2 aromatic carbocycles. The Balaban J connectivity index is 1.07. The molecule has 2 atom stereocenters. The number of thioether (sulfide) groups is 1. The number of nitrogens with one attached hydrogen (secondary N) is 1. The van der Waals surface area contributed by atoms with E-state index in [9.17, 15) is 4.79 Å². The number of rotatable bonds is 6. The maximum Gasteiger partial charge on any atom is 0.231 e. The van der Waals surface area contributed by atoms with Crippen LogP contribution in [0.5, 0.6) is 0 Å². The minimum atomic E-state index is 0.0956. The van der Waals surface area contributed by atoms with E-state index < -0.39 is 0 Å². The van der Waals surface area contributed by atoms with Crippen molar-refractivity contribution in [1.29, 1.82) is 0 Å². The van der Waals surface area contributed by atoms with Gasteiger partial charge in [-0.3, -0.25) is 9.79 Å². The van der Waals surface area contributed by atoms with Gasteiger partial charge in [0, 0.05) is 12.2 Å². The van der Waals surface area contributed by atoms with Crippen LogP contribution in [0.15, 0.2) is 59.6 Å². The van der Waals surface area contributed by atoms with Gasteiger partial charge in [-0.1, -0.05) is 54.6 Å². The van der Waals surface area contributed by atoms with Crippen molar-refractivity contribution in [2.24, 2.45) is 10.9 Å². The Kier molecular flexibility index (Phi) is 6.94. The molecule has 3 heterocycles. The third kappa shape index (κ3) is 5.10. The molecule has 0 radical (unpaired) electrons. The van der Waals surface area contributed by atoms with Crippen LogP contribution in [0.2, 0.25) is 0 Å².